The van der Waals surface area contributed by atoms with Crippen molar-refractivity contribution in [3.8, 4) is 0 Å². The molecule has 1 saturated carbocycles. The Bertz CT molecular complexity index is 832. The van der Waals surface area contributed by atoms with Gasteiger partial charge in [-0.2, -0.15) is 0 Å². The van der Waals surface area contributed by atoms with E-state index in [4.69, 9.17) is 31.0 Å². The molecule has 140 valence electrons. The fraction of sp³-hybridized carbons (Fsp3) is 0.444. The number of aryl methyl sites for hydroxylation is 1. The number of rotatable bonds is 8. The van der Waals surface area contributed by atoms with Crippen LogP contribution < -0.4 is 5.32 Å². The molecule has 0 saturated heterocycles. The molecule has 1 fully saturated rings. The van der Waals surface area contributed by atoms with Crippen LogP contribution in [-0.4, -0.2) is 41.3 Å². The van der Waals surface area contributed by atoms with Crippen molar-refractivity contribution in [1.29, 1.82) is 0 Å². The molecular formula is C18H20ClNO6. The molecular weight excluding hydrogens is 362 g/mol. The number of benzene rings is 1. The molecule has 0 radical (unpaired) electrons. The van der Waals surface area contributed by atoms with Gasteiger partial charge in [0, 0.05) is 11.3 Å². The van der Waals surface area contributed by atoms with Crippen LogP contribution >= 0.6 is 11.6 Å². The van der Waals surface area contributed by atoms with E-state index in [-0.39, 0.29) is 17.7 Å². The molecule has 0 aliphatic heterocycles. The summed E-state index contributed by atoms with van der Waals surface area (Å²) in [5, 5.41) is 21.6. The zero-order chi connectivity index (χ0) is 18.8. The molecule has 3 atom stereocenters. The molecule has 1 amide bonds. The topological polar surface area (TPSA) is 109 Å². The lowest BCUT2D eigenvalue weighted by Gasteiger charge is -2.11. The highest BCUT2D eigenvalue weighted by Gasteiger charge is 2.43. The number of hydrogen-bond donors (Lipinski definition) is 3. The summed E-state index contributed by atoms with van der Waals surface area (Å²) in [6, 6.07) is 4.32. The average molecular weight is 382 g/mol. The number of carboxylic acids is 1. The van der Waals surface area contributed by atoms with Crippen molar-refractivity contribution in [2.24, 2.45) is 11.8 Å². The minimum Gasteiger partial charge on any atom is -0.480 e. The highest BCUT2D eigenvalue weighted by molar-refractivity contribution is 6.35. The van der Waals surface area contributed by atoms with Gasteiger partial charge >= 0.3 is 5.97 Å². The third-order valence-electron chi connectivity index (χ3n) is 4.43. The maximum Gasteiger partial charge on any atom is 0.328 e. The van der Waals surface area contributed by atoms with Crippen LogP contribution in [0.3, 0.4) is 0 Å². The summed E-state index contributed by atoms with van der Waals surface area (Å²) in [6.07, 6.45) is 0.640. The van der Waals surface area contributed by atoms with Crippen LogP contribution in [0.15, 0.2) is 22.6 Å². The van der Waals surface area contributed by atoms with Gasteiger partial charge in [-0.25, -0.2) is 4.79 Å². The summed E-state index contributed by atoms with van der Waals surface area (Å²) in [6.45, 7) is 1.96. The highest BCUT2D eigenvalue weighted by atomic mass is 35.5. The van der Waals surface area contributed by atoms with E-state index in [9.17, 15) is 9.59 Å². The Kier molecular flexibility index (Phi) is 5.50. The maximum atomic E-state index is 11.9. The minimum atomic E-state index is -1.27. The van der Waals surface area contributed by atoms with Gasteiger partial charge in [0.25, 0.3) is 0 Å². The molecule has 3 rings (SSSR count). The van der Waals surface area contributed by atoms with Gasteiger partial charge < -0.3 is 24.7 Å². The number of amides is 1. The Morgan fingerprint density at radius 1 is 1.42 bits per heavy atom. The average Bonchev–Trinajstić information content (AvgIpc) is 3.25. The van der Waals surface area contributed by atoms with Crippen molar-refractivity contribution < 1.29 is 29.0 Å². The number of carboxylic acid groups (broad SMARTS) is 1. The number of aliphatic hydroxyl groups excluding tert-OH is 1. The Balaban J connectivity index is 1.48. The monoisotopic (exact) mass is 381 g/mol. The number of carbonyl (C=O) groups excluding carboxylic acids is 1. The second-order valence-corrected chi connectivity index (χ2v) is 6.95. The van der Waals surface area contributed by atoms with Gasteiger partial charge in [0.05, 0.1) is 24.8 Å². The van der Waals surface area contributed by atoms with Crippen LogP contribution in [0, 0.1) is 18.8 Å². The van der Waals surface area contributed by atoms with Crippen molar-refractivity contribution in [3.63, 3.8) is 0 Å². The van der Waals surface area contributed by atoms with Crippen LogP contribution in [0.25, 0.3) is 11.0 Å². The standard InChI is InChI=1S/C18H20ClNO6/c1-9-2-13-14(19)3-10(4-16(13)26-9)7-25-8-11-5-12(11)17(22)20-15(6-21)18(23)24/h2-4,11-12,15,21H,5-8H2,1H3,(H,20,22)(H,23,24). The first-order valence-corrected chi connectivity index (χ1v) is 8.67. The summed E-state index contributed by atoms with van der Waals surface area (Å²) in [7, 11) is 0. The molecule has 7 nitrogen and oxygen atoms in total. The largest absolute Gasteiger partial charge is 0.480 e. The van der Waals surface area contributed by atoms with Crippen molar-refractivity contribution in [2.75, 3.05) is 13.2 Å². The number of halogens is 1. The summed E-state index contributed by atoms with van der Waals surface area (Å²) in [5.74, 6) is -1.06. The predicted molar refractivity (Wildman–Crippen MR) is 93.9 cm³/mol. The van der Waals surface area contributed by atoms with Crippen molar-refractivity contribution in [1.82, 2.24) is 5.32 Å². The summed E-state index contributed by atoms with van der Waals surface area (Å²) >= 11 is 6.24. The zero-order valence-electron chi connectivity index (χ0n) is 14.2. The van der Waals surface area contributed by atoms with E-state index in [1.54, 1.807) is 0 Å². The number of ether oxygens (including phenoxy) is 1. The molecule has 3 N–H and O–H groups in total. The molecule has 3 unspecified atom stereocenters. The molecule has 1 heterocycles. The normalized spacial score (nSPS) is 20.1. The number of carbonyl (C=O) groups is 2. The quantitative estimate of drug-likeness (QED) is 0.646. The van der Waals surface area contributed by atoms with Crippen LogP contribution in [0.2, 0.25) is 5.02 Å². The fourth-order valence-electron chi connectivity index (χ4n) is 2.91. The van der Waals surface area contributed by atoms with Gasteiger partial charge in [0.2, 0.25) is 5.91 Å². The lowest BCUT2D eigenvalue weighted by atomic mass is 10.2. The van der Waals surface area contributed by atoms with Gasteiger partial charge in [-0.15, -0.1) is 0 Å². The fourth-order valence-corrected chi connectivity index (χ4v) is 3.19. The first kappa shape index (κ1) is 18.7. The summed E-state index contributed by atoms with van der Waals surface area (Å²) < 4.78 is 11.3. The zero-order valence-corrected chi connectivity index (χ0v) is 15.0. The number of nitrogens with one attached hydrogen (secondary N) is 1. The lowest BCUT2D eigenvalue weighted by Crippen LogP contribution is -2.44. The van der Waals surface area contributed by atoms with E-state index < -0.39 is 18.6 Å². The van der Waals surface area contributed by atoms with Crippen molar-refractivity contribution in [3.05, 3.63) is 34.5 Å². The van der Waals surface area contributed by atoms with Crippen LogP contribution in [0.4, 0.5) is 0 Å². The molecule has 1 aromatic heterocycles. The van der Waals surface area contributed by atoms with Gasteiger partial charge in [0.1, 0.15) is 17.4 Å². The van der Waals surface area contributed by atoms with Crippen molar-refractivity contribution >= 4 is 34.4 Å². The SMILES string of the molecule is Cc1cc2c(Cl)cc(COCC3CC3C(=O)NC(CO)C(=O)O)cc2o1. The summed E-state index contributed by atoms with van der Waals surface area (Å²) in [5.41, 5.74) is 1.59. The van der Waals surface area contributed by atoms with E-state index in [0.29, 0.717) is 30.2 Å². The summed E-state index contributed by atoms with van der Waals surface area (Å²) in [4.78, 5) is 22.8. The Hall–Kier alpha value is -2.09. The van der Waals surface area contributed by atoms with Gasteiger partial charge in [0.15, 0.2) is 0 Å². The number of aliphatic hydroxyl groups is 1. The number of hydrogen-bond acceptors (Lipinski definition) is 5. The van der Waals surface area contributed by atoms with E-state index >= 15 is 0 Å². The predicted octanol–water partition coefficient (Wildman–Crippen LogP) is 2.11. The molecule has 8 heteroatoms. The first-order valence-electron chi connectivity index (χ1n) is 8.29. The molecule has 2 aromatic rings. The van der Waals surface area contributed by atoms with E-state index in [2.05, 4.69) is 5.32 Å². The van der Waals surface area contributed by atoms with Gasteiger partial charge in [-0.3, -0.25) is 4.79 Å². The first-order chi connectivity index (χ1) is 12.4. The molecule has 0 bridgehead atoms. The van der Waals surface area contributed by atoms with E-state index in [0.717, 1.165) is 16.7 Å². The third-order valence-corrected chi connectivity index (χ3v) is 4.74. The Morgan fingerprint density at radius 3 is 2.88 bits per heavy atom. The van der Waals surface area contributed by atoms with Crippen LogP contribution in [0.5, 0.6) is 0 Å². The number of aliphatic carboxylic acids is 1. The molecule has 0 spiro atoms. The second-order valence-electron chi connectivity index (χ2n) is 6.55. The molecule has 1 aliphatic carbocycles. The molecule has 26 heavy (non-hydrogen) atoms. The smallest absolute Gasteiger partial charge is 0.328 e. The molecule has 1 aliphatic rings. The van der Waals surface area contributed by atoms with Crippen LogP contribution in [-0.2, 0) is 20.9 Å². The van der Waals surface area contributed by atoms with Gasteiger partial charge in [-0.05, 0) is 43.0 Å². The maximum absolute atomic E-state index is 11.9. The highest BCUT2D eigenvalue weighted by Crippen LogP contribution is 2.39. The van der Waals surface area contributed by atoms with E-state index in [1.807, 2.05) is 25.1 Å². The molecule has 1 aromatic carbocycles. The second kappa shape index (κ2) is 7.65. The Labute approximate surface area is 154 Å². The Morgan fingerprint density at radius 2 is 2.19 bits per heavy atom. The minimum absolute atomic E-state index is 0.0493. The van der Waals surface area contributed by atoms with E-state index in [1.165, 1.54) is 0 Å². The van der Waals surface area contributed by atoms with Gasteiger partial charge in [-0.1, -0.05) is 11.6 Å². The lowest BCUT2D eigenvalue weighted by molar-refractivity contribution is -0.143. The number of furan rings is 1. The number of fused-ring (bicyclic) bond motifs is 1. The van der Waals surface area contributed by atoms with Crippen LogP contribution in [0.1, 0.15) is 17.7 Å². The third kappa shape index (κ3) is 4.17. The van der Waals surface area contributed by atoms with Crippen molar-refractivity contribution in [2.45, 2.75) is 26.0 Å².